The summed E-state index contributed by atoms with van der Waals surface area (Å²) in [5.41, 5.74) is 3.51. The molecular weight excluding hydrogens is 536 g/mol. The van der Waals surface area contributed by atoms with Crippen LogP contribution < -0.4 is 11.1 Å². The number of Topliss-reactive ketones (excluding diaryl/α,β-unsaturated/α-hetero) is 2. The Morgan fingerprint density at radius 1 is 1.15 bits per heavy atom. The number of fused-ring (bicyclic) bond motifs is 3. The molecule has 5 rings (SSSR count). The topological polar surface area (TPSA) is 170 Å². The van der Waals surface area contributed by atoms with Gasteiger partial charge < -0.3 is 31.5 Å². The number of rotatable bonds is 6. The zero-order valence-corrected chi connectivity index (χ0v) is 22.9. The summed E-state index contributed by atoms with van der Waals surface area (Å²) < 4.78 is 0. The minimum Gasteiger partial charge on any atom is -0.511 e. The van der Waals surface area contributed by atoms with Gasteiger partial charge in [-0.2, -0.15) is 0 Å². The Labute approximate surface area is 236 Å². The first-order valence-corrected chi connectivity index (χ1v) is 13.4. The molecule has 0 saturated carbocycles. The number of allylic oxidation sites excluding steroid dienone is 2. The predicted molar refractivity (Wildman–Crippen MR) is 147 cm³/mol. The van der Waals surface area contributed by atoms with E-state index in [9.17, 15) is 34.8 Å². The summed E-state index contributed by atoms with van der Waals surface area (Å²) in [5, 5.41) is 47.3. The molecule has 10 heteroatoms. The molecule has 0 spiro atoms. The molecule has 0 aromatic heterocycles. The number of ketones is 2. The first-order valence-electron chi connectivity index (χ1n) is 13.1. The minimum absolute atomic E-state index is 0.0494. The molecule has 1 amide bonds. The molecule has 0 heterocycles. The highest BCUT2D eigenvalue weighted by atomic mass is 35.5. The Balaban J connectivity index is 1.46. The van der Waals surface area contributed by atoms with Gasteiger partial charge in [0.15, 0.2) is 11.4 Å². The van der Waals surface area contributed by atoms with E-state index in [1.54, 1.807) is 0 Å². The molecule has 3 aliphatic carbocycles. The van der Waals surface area contributed by atoms with E-state index in [1.165, 1.54) is 6.07 Å². The third kappa shape index (κ3) is 4.20. The number of nitrogens with one attached hydrogen (secondary N) is 1. The number of halogens is 1. The fourth-order valence-corrected chi connectivity index (χ4v) is 6.64. The molecule has 0 fully saturated rings. The van der Waals surface area contributed by atoms with Crippen molar-refractivity contribution >= 4 is 29.1 Å². The van der Waals surface area contributed by atoms with Gasteiger partial charge in [0.05, 0.1) is 5.56 Å². The molecule has 2 aromatic rings. The third-order valence-electron chi connectivity index (χ3n) is 8.51. The van der Waals surface area contributed by atoms with Crippen LogP contribution >= 0.6 is 11.6 Å². The molecule has 210 valence electrons. The maximum atomic E-state index is 13.6. The van der Waals surface area contributed by atoms with Gasteiger partial charge >= 0.3 is 0 Å². The molecule has 2 aromatic carbocycles. The van der Waals surface area contributed by atoms with Crippen LogP contribution in [-0.4, -0.2) is 50.0 Å². The maximum Gasteiger partial charge on any atom is 0.255 e. The first kappa shape index (κ1) is 27.9. The number of amides is 1. The van der Waals surface area contributed by atoms with Crippen molar-refractivity contribution in [3.05, 3.63) is 86.3 Å². The van der Waals surface area contributed by atoms with E-state index in [4.69, 9.17) is 17.3 Å². The Bertz CT molecular complexity index is 1510. The summed E-state index contributed by atoms with van der Waals surface area (Å²) in [6, 6.07) is 11.4. The van der Waals surface area contributed by atoms with Gasteiger partial charge in [-0.1, -0.05) is 55.8 Å². The molecule has 0 aliphatic heterocycles. The van der Waals surface area contributed by atoms with Crippen molar-refractivity contribution in [1.82, 2.24) is 5.32 Å². The Morgan fingerprint density at radius 3 is 2.48 bits per heavy atom. The van der Waals surface area contributed by atoms with Crippen LogP contribution in [0.5, 0.6) is 5.75 Å². The normalized spacial score (nSPS) is 24.5. The highest BCUT2D eigenvalue weighted by Crippen LogP contribution is 2.52. The number of aliphatic hydroxyl groups is 3. The lowest BCUT2D eigenvalue weighted by molar-refractivity contribution is -0.144. The summed E-state index contributed by atoms with van der Waals surface area (Å²) in [5.74, 6) is -6.67. The van der Waals surface area contributed by atoms with Crippen molar-refractivity contribution in [3.8, 4) is 5.75 Å². The molecule has 9 nitrogen and oxygen atoms in total. The van der Waals surface area contributed by atoms with Gasteiger partial charge in [-0.05, 0) is 41.5 Å². The molecule has 1 unspecified atom stereocenters. The number of hydrogen-bond donors (Lipinski definition) is 6. The number of carbonyl (C=O) groups is 3. The number of phenolic OH excluding ortho intramolecular Hbond substituents is 1. The van der Waals surface area contributed by atoms with E-state index in [0.717, 1.165) is 5.56 Å². The van der Waals surface area contributed by atoms with Crippen molar-refractivity contribution in [2.45, 2.75) is 50.7 Å². The number of primary amides is 1. The van der Waals surface area contributed by atoms with E-state index in [0.29, 0.717) is 29.2 Å². The molecule has 40 heavy (non-hydrogen) atoms. The number of hydrogen-bond acceptors (Lipinski definition) is 8. The fraction of sp³-hybridized carbons (Fsp3) is 0.367. The minimum atomic E-state index is -2.59. The monoisotopic (exact) mass is 566 g/mol. The van der Waals surface area contributed by atoms with Crippen molar-refractivity contribution < 1.29 is 34.8 Å². The SMILES string of the molecule is CC(C)(CNCc1cc(O)c2c(c1Cl)CC1C[C@H]3CC(O)=C(C(N)=O)C(=O)[C@@]3(O)C(O)=C1C2=O)c1ccccc1. The number of nitrogens with two attached hydrogens (primary N) is 1. The molecule has 0 saturated heterocycles. The van der Waals surface area contributed by atoms with E-state index >= 15 is 0 Å². The van der Waals surface area contributed by atoms with Crippen LogP contribution in [0, 0.1) is 11.8 Å². The molecule has 0 bridgehead atoms. The van der Waals surface area contributed by atoms with Crippen molar-refractivity contribution in [2.75, 3.05) is 6.54 Å². The van der Waals surface area contributed by atoms with Crippen LogP contribution in [0.2, 0.25) is 5.02 Å². The number of phenols is 1. The smallest absolute Gasteiger partial charge is 0.255 e. The second-order valence-corrected chi connectivity index (χ2v) is 11.9. The second kappa shape index (κ2) is 9.76. The van der Waals surface area contributed by atoms with Crippen molar-refractivity contribution in [3.63, 3.8) is 0 Å². The quantitative estimate of drug-likeness (QED) is 0.289. The lowest BCUT2D eigenvalue weighted by Crippen LogP contribution is -2.57. The molecule has 3 aliphatic rings. The Hall–Kier alpha value is -3.66. The van der Waals surface area contributed by atoms with E-state index in [2.05, 4.69) is 31.3 Å². The lowest BCUT2D eigenvalue weighted by Gasteiger charge is -2.45. The van der Waals surface area contributed by atoms with Gasteiger partial charge in [0, 0.05) is 41.4 Å². The van der Waals surface area contributed by atoms with Crippen LogP contribution in [0.4, 0.5) is 0 Å². The van der Waals surface area contributed by atoms with Crippen LogP contribution in [-0.2, 0) is 28.0 Å². The second-order valence-electron chi connectivity index (χ2n) is 11.5. The highest BCUT2D eigenvalue weighted by Gasteiger charge is 2.59. The molecule has 3 atom stereocenters. The van der Waals surface area contributed by atoms with Gasteiger partial charge in [-0.3, -0.25) is 14.4 Å². The number of benzene rings is 2. The van der Waals surface area contributed by atoms with Gasteiger partial charge in [-0.25, -0.2) is 0 Å². The average Bonchev–Trinajstić information content (AvgIpc) is 2.89. The molecular formula is C30H31ClN2O7. The number of carbonyl (C=O) groups excluding carboxylic acids is 3. The van der Waals surface area contributed by atoms with E-state index in [1.807, 2.05) is 18.2 Å². The molecule has 0 radical (unpaired) electrons. The zero-order valence-electron chi connectivity index (χ0n) is 22.1. The third-order valence-corrected chi connectivity index (χ3v) is 8.98. The Kier molecular flexibility index (Phi) is 6.81. The summed E-state index contributed by atoms with van der Waals surface area (Å²) in [4.78, 5) is 38.5. The van der Waals surface area contributed by atoms with Crippen LogP contribution in [0.3, 0.4) is 0 Å². The summed E-state index contributed by atoms with van der Waals surface area (Å²) in [6.45, 7) is 5.17. The van der Waals surface area contributed by atoms with Crippen LogP contribution in [0.15, 0.2) is 59.1 Å². The van der Waals surface area contributed by atoms with Crippen molar-refractivity contribution in [2.24, 2.45) is 17.6 Å². The first-order chi connectivity index (χ1) is 18.8. The maximum absolute atomic E-state index is 13.6. The van der Waals surface area contributed by atoms with Gasteiger partial charge in [0.25, 0.3) is 5.91 Å². The van der Waals surface area contributed by atoms with Gasteiger partial charge in [-0.15, -0.1) is 0 Å². The highest BCUT2D eigenvalue weighted by molar-refractivity contribution is 6.33. The lowest BCUT2D eigenvalue weighted by atomic mass is 9.60. The summed E-state index contributed by atoms with van der Waals surface area (Å²) in [7, 11) is 0. The summed E-state index contributed by atoms with van der Waals surface area (Å²) in [6.07, 6.45) is -0.0760. The number of aliphatic hydroxyl groups excluding tert-OH is 2. The molecule has 7 N–H and O–H groups in total. The fourth-order valence-electron chi connectivity index (χ4n) is 6.35. The predicted octanol–water partition coefficient (Wildman–Crippen LogP) is 3.30. The average molecular weight is 567 g/mol. The van der Waals surface area contributed by atoms with E-state index < -0.39 is 52.0 Å². The van der Waals surface area contributed by atoms with Crippen molar-refractivity contribution in [1.29, 1.82) is 0 Å². The largest absolute Gasteiger partial charge is 0.511 e. The standard InChI is InChI=1S/C30H31ClN2O7/c1-29(2,16-6-4-3-5-7-16)13-33-12-15-10-19(34)22-18(24(15)31)9-14-8-17-11-20(35)23(28(32)39)27(38)30(17,40)26(37)21(14)25(22)36/h3-7,10,14,17,33-35,37,40H,8-9,11-13H2,1-2H3,(H2,32,39)/t14?,17-,30-/m0/s1. The Morgan fingerprint density at radius 2 is 1.82 bits per heavy atom. The van der Waals surface area contributed by atoms with Crippen LogP contribution in [0.25, 0.3) is 0 Å². The summed E-state index contributed by atoms with van der Waals surface area (Å²) >= 11 is 6.78. The van der Waals surface area contributed by atoms with Gasteiger partial charge in [0.1, 0.15) is 22.8 Å². The van der Waals surface area contributed by atoms with Crippen LogP contribution in [0.1, 0.15) is 53.7 Å². The number of aromatic hydroxyl groups is 1. The van der Waals surface area contributed by atoms with E-state index in [-0.39, 0.29) is 41.6 Å². The zero-order chi connectivity index (χ0) is 29.1. The van der Waals surface area contributed by atoms with Gasteiger partial charge in [0.2, 0.25) is 5.78 Å².